The van der Waals surface area contributed by atoms with Gasteiger partial charge in [-0.25, -0.2) is 14.4 Å². The van der Waals surface area contributed by atoms with Crippen molar-refractivity contribution < 1.29 is 23.1 Å². The van der Waals surface area contributed by atoms with Gasteiger partial charge in [0.15, 0.2) is 14.6 Å². The van der Waals surface area contributed by atoms with Crippen LogP contribution in [0.1, 0.15) is 45.6 Å². The molecule has 2 aliphatic heterocycles. The van der Waals surface area contributed by atoms with Crippen LogP contribution >= 0.6 is 0 Å². The molecule has 0 bridgehead atoms. The van der Waals surface area contributed by atoms with Crippen LogP contribution in [-0.2, 0) is 25.3 Å². The maximum absolute atomic E-state index is 15.3. The summed E-state index contributed by atoms with van der Waals surface area (Å²) in [6.45, 7) is 13.9. The summed E-state index contributed by atoms with van der Waals surface area (Å²) >= 11 is 0. The second-order valence-electron chi connectivity index (χ2n) is 11.1. The number of benzene rings is 1. The van der Waals surface area contributed by atoms with E-state index >= 15 is 4.39 Å². The lowest BCUT2D eigenvalue weighted by molar-refractivity contribution is -0.169. The lowest BCUT2D eigenvalue weighted by Gasteiger charge is -2.36. The fraction of sp³-hybridized carbons (Fsp3) is 0.593. The summed E-state index contributed by atoms with van der Waals surface area (Å²) in [6.07, 6.45) is 6.39. The second-order valence-corrected chi connectivity index (χ2v) is 15.9. The predicted molar refractivity (Wildman–Crippen MR) is 145 cm³/mol. The normalized spacial score (nSPS) is 18.5. The lowest BCUT2D eigenvalue weighted by Crippen LogP contribution is -2.48. The van der Waals surface area contributed by atoms with Gasteiger partial charge in [-0.15, -0.1) is 0 Å². The summed E-state index contributed by atoms with van der Waals surface area (Å²) in [6, 6.07) is 5.38. The van der Waals surface area contributed by atoms with E-state index in [0.717, 1.165) is 31.6 Å². The fourth-order valence-corrected chi connectivity index (χ4v) is 4.75. The van der Waals surface area contributed by atoms with Gasteiger partial charge in [-0.1, -0.05) is 44.1 Å². The average Bonchev–Trinajstić information content (AvgIpc) is 2.84. The molecule has 1 aromatic heterocycles. The highest BCUT2D eigenvalue weighted by Crippen LogP contribution is 2.37. The minimum absolute atomic E-state index is 0.0662. The van der Waals surface area contributed by atoms with Crippen molar-refractivity contribution in [3.8, 4) is 11.1 Å². The van der Waals surface area contributed by atoms with E-state index in [1.165, 1.54) is 0 Å². The average molecular weight is 531 g/mol. The van der Waals surface area contributed by atoms with E-state index in [2.05, 4.69) is 49.0 Å². The van der Waals surface area contributed by atoms with Crippen LogP contribution < -0.4 is 4.90 Å². The number of oxime groups is 1. The number of aromatic nitrogens is 2. The van der Waals surface area contributed by atoms with Crippen molar-refractivity contribution in [2.45, 2.75) is 71.1 Å². The Kier molecular flexibility index (Phi) is 8.94. The summed E-state index contributed by atoms with van der Waals surface area (Å²) < 4.78 is 32.7. The van der Waals surface area contributed by atoms with E-state index < -0.39 is 8.32 Å². The molecule has 0 saturated carbocycles. The van der Waals surface area contributed by atoms with Crippen molar-refractivity contribution in [1.29, 1.82) is 0 Å². The molecule has 0 N–H and O–H groups in total. The standard InChI is InChI=1S/C27H39FN4O4Si/c1-27(2,3)37(4,5)36-19-20-9-8-10-23(25(20)28)21-15-29-26(30-16-21)32-17-22(18-32)31-35-14-13-34-24-11-6-7-12-33-24/h8-10,15-16,24H,6-7,11-14,17-19H2,1-5H3. The van der Waals surface area contributed by atoms with Gasteiger partial charge in [0.2, 0.25) is 5.95 Å². The maximum atomic E-state index is 15.3. The number of rotatable bonds is 10. The first-order valence-corrected chi connectivity index (χ1v) is 15.9. The highest BCUT2D eigenvalue weighted by Gasteiger charge is 2.37. The minimum atomic E-state index is -1.98. The van der Waals surface area contributed by atoms with Gasteiger partial charge in [-0.05, 0) is 37.4 Å². The van der Waals surface area contributed by atoms with Crippen LogP contribution in [0.15, 0.2) is 35.7 Å². The van der Waals surface area contributed by atoms with Gasteiger partial charge >= 0.3 is 0 Å². The first-order valence-electron chi connectivity index (χ1n) is 13.0. The molecular weight excluding hydrogens is 491 g/mol. The molecule has 4 rings (SSSR count). The number of halogens is 1. The van der Waals surface area contributed by atoms with Crippen molar-refractivity contribution in [2.75, 3.05) is 37.8 Å². The number of hydrogen-bond donors (Lipinski definition) is 0. The maximum Gasteiger partial charge on any atom is 0.225 e. The number of hydrogen-bond acceptors (Lipinski definition) is 8. The van der Waals surface area contributed by atoms with Gasteiger partial charge in [0.1, 0.15) is 12.4 Å². The Morgan fingerprint density at radius 1 is 1.14 bits per heavy atom. The Labute approximate surface area is 220 Å². The summed E-state index contributed by atoms with van der Waals surface area (Å²) in [5.74, 6) is 0.297. The third-order valence-electron chi connectivity index (χ3n) is 7.26. The molecule has 2 fully saturated rings. The van der Waals surface area contributed by atoms with Crippen LogP contribution in [0.5, 0.6) is 0 Å². The summed E-state index contributed by atoms with van der Waals surface area (Å²) in [7, 11) is -1.98. The van der Waals surface area contributed by atoms with Crippen molar-refractivity contribution >= 4 is 20.0 Å². The number of anilines is 1. The van der Waals surface area contributed by atoms with Crippen molar-refractivity contribution in [2.24, 2.45) is 5.16 Å². The molecule has 3 heterocycles. The van der Waals surface area contributed by atoms with E-state index in [4.69, 9.17) is 18.7 Å². The quantitative estimate of drug-likeness (QED) is 0.227. The largest absolute Gasteiger partial charge is 0.412 e. The number of nitrogens with zero attached hydrogens (tertiary/aromatic N) is 4. The van der Waals surface area contributed by atoms with Gasteiger partial charge in [0.25, 0.3) is 0 Å². The highest BCUT2D eigenvalue weighted by atomic mass is 28.4. The molecule has 37 heavy (non-hydrogen) atoms. The second kappa shape index (κ2) is 12.0. The zero-order valence-corrected chi connectivity index (χ0v) is 23.6. The Balaban J connectivity index is 1.26. The third kappa shape index (κ3) is 7.13. The molecule has 202 valence electrons. The van der Waals surface area contributed by atoms with Gasteiger partial charge in [0, 0.05) is 35.7 Å². The molecule has 0 aliphatic carbocycles. The molecule has 8 nitrogen and oxygen atoms in total. The van der Waals surface area contributed by atoms with E-state index in [9.17, 15) is 0 Å². The lowest BCUT2D eigenvalue weighted by atomic mass is 10.1. The molecule has 0 spiro atoms. The molecule has 1 aromatic carbocycles. The number of ether oxygens (including phenoxy) is 2. The van der Waals surface area contributed by atoms with Crippen LogP contribution in [0.4, 0.5) is 10.3 Å². The van der Waals surface area contributed by atoms with Crippen LogP contribution in [0.3, 0.4) is 0 Å². The topological polar surface area (TPSA) is 78.3 Å². The first kappa shape index (κ1) is 27.6. The van der Waals surface area contributed by atoms with E-state index in [1.807, 2.05) is 11.0 Å². The molecule has 0 amide bonds. The summed E-state index contributed by atoms with van der Waals surface area (Å²) in [5, 5.41) is 4.23. The van der Waals surface area contributed by atoms with Gasteiger partial charge in [0.05, 0.1) is 32.0 Å². The van der Waals surface area contributed by atoms with E-state index in [-0.39, 0.29) is 23.8 Å². The van der Waals surface area contributed by atoms with Crippen LogP contribution in [0.25, 0.3) is 11.1 Å². The monoisotopic (exact) mass is 530 g/mol. The Hall–Kier alpha value is -2.40. The van der Waals surface area contributed by atoms with E-state index in [1.54, 1.807) is 24.5 Å². The smallest absolute Gasteiger partial charge is 0.225 e. The van der Waals surface area contributed by atoms with Crippen molar-refractivity contribution in [3.63, 3.8) is 0 Å². The first-order chi connectivity index (χ1) is 17.6. The molecular formula is C27H39FN4O4Si. The van der Waals surface area contributed by atoms with Crippen molar-refractivity contribution in [3.05, 3.63) is 42.0 Å². The Morgan fingerprint density at radius 3 is 2.57 bits per heavy atom. The molecule has 1 unspecified atom stereocenters. The van der Waals surface area contributed by atoms with Gasteiger partial charge in [-0.3, -0.25) is 0 Å². The third-order valence-corrected chi connectivity index (χ3v) is 11.7. The van der Waals surface area contributed by atoms with Gasteiger partial charge in [-0.2, -0.15) is 0 Å². The zero-order chi connectivity index (χ0) is 26.5. The Bertz CT molecular complexity index is 1060. The molecule has 2 aliphatic rings. The minimum Gasteiger partial charge on any atom is -0.412 e. The van der Waals surface area contributed by atoms with Crippen LogP contribution in [0, 0.1) is 5.82 Å². The molecule has 2 aromatic rings. The molecule has 1 atom stereocenters. The SMILES string of the molecule is CC(C)(C)[Si](C)(C)OCc1cccc(-c2cnc(N3CC(=NOCCOC4CCCCO4)C3)nc2)c1F. The zero-order valence-electron chi connectivity index (χ0n) is 22.6. The summed E-state index contributed by atoms with van der Waals surface area (Å²) in [5.41, 5.74) is 2.58. The molecule has 0 radical (unpaired) electrons. The molecule has 2 saturated heterocycles. The van der Waals surface area contributed by atoms with E-state index in [0.29, 0.717) is 48.9 Å². The van der Waals surface area contributed by atoms with Crippen LogP contribution in [-0.4, -0.2) is 63.2 Å². The predicted octanol–water partition coefficient (Wildman–Crippen LogP) is 5.54. The Morgan fingerprint density at radius 2 is 1.89 bits per heavy atom. The van der Waals surface area contributed by atoms with Crippen molar-refractivity contribution in [1.82, 2.24) is 9.97 Å². The molecule has 10 heteroatoms. The van der Waals surface area contributed by atoms with Gasteiger partial charge < -0.3 is 23.6 Å². The highest BCUT2D eigenvalue weighted by molar-refractivity contribution is 6.74. The fourth-order valence-electron chi connectivity index (χ4n) is 3.80. The van der Waals surface area contributed by atoms with Crippen LogP contribution in [0.2, 0.25) is 18.1 Å². The summed E-state index contributed by atoms with van der Waals surface area (Å²) in [4.78, 5) is 16.3.